The van der Waals surface area contributed by atoms with Crippen LogP contribution in [-0.4, -0.2) is 39.7 Å². The number of ether oxygens (including phenoxy) is 3. The molecule has 7 nitrogen and oxygen atoms in total. The fourth-order valence-corrected chi connectivity index (χ4v) is 4.33. The summed E-state index contributed by atoms with van der Waals surface area (Å²) in [5, 5.41) is 0. The second-order valence-electron chi connectivity index (χ2n) is 8.19. The highest BCUT2D eigenvalue weighted by atomic mass is 16.5. The van der Waals surface area contributed by atoms with Gasteiger partial charge in [-0.05, 0) is 55.3 Å². The van der Waals surface area contributed by atoms with Crippen molar-refractivity contribution in [3.05, 3.63) is 77.4 Å². The van der Waals surface area contributed by atoms with Gasteiger partial charge in [0.05, 0.1) is 27.0 Å². The lowest BCUT2D eigenvalue weighted by Crippen LogP contribution is -2.56. The van der Waals surface area contributed by atoms with Crippen molar-refractivity contribution in [1.82, 2.24) is 0 Å². The smallest absolute Gasteiger partial charge is 0.255 e. The minimum atomic E-state index is -0.857. The largest absolute Gasteiger partial charge is 0.497 e. The molecular weight excluding hydrogens is 432 g/mol. The van der Waals surface area contributed by atoms with Gasteiger partial charge in [-0.25, -0.2) is 0 Å². The second kappa shape index (κ2) is 9.47. The number of methoxy groups -OCH3 is 3. The Labute approximate surface area is 199 Å². The molecule has 176 valence electrons. The van der Waals surface area contributed by atoms with Crippen molar-refractivity contribution in [2.75, 3.05) is 37.7 Å². The van der Waals surface area contributed by atoms with Gasteiger partial charge in [-0.15, -0.1) is 0 Å². The van der Waals surface area contributed by atoms with E-state index in [9.17, 15) is 9.59 Å². The number of aryl methyl sites for hydroxylation is 2. The second-order valence-corrected chi connectivity index (χ2v) is 8.19. The molecule has 3 aromatic rings. The van der Waals surface area contributed by atoms with Crippen LogP contribution in [0.15, 0.2) is 60.7 Å². The van der Waals surface area contributed by atoms with E-state index in [-0.39, 0.29) is 18.4 Å². The van der Waals surface area contributed by atoms with Crippen LogP contribution in [0.2, 0.25) is 0 Å². The fourth-order valence-electron chi connectivity index (χ4n) is 4.33. The highest BCUT2D eigenvalue weighted by Crippen LogP contribution is 2.40. The maximum Gasteiger partial charge on any atom is 0.255 e. The molecule has 0 saturated carbocycles. The van der Waals surface area contributed by atoms with Gasteiger partial charge >= 0.3 is 0 Å². The molecule has 1 heterocycles. The molecular formula is C27H28N2O5. The SMILES string of the molecule is COc1ccc([C@H]2C(=O)N(c3cc(OC)ccc3OC)CC(=O)N2c2ccc(C)cc2C)cc1. The molecule has 0 N–H and O–H groups in total. The molecule has 1 aliphatic heterocycles. The summed E-state index contributed by atoms with van der Waals surface area (Å²) < 4.78 is 16.2. The van der Waals surface area contributed by atoms with Crippen molar-refractivity contribution in [1.29, 1.82) is 0 Å². The number of carbonyl (C=O) groups excluding carboxylic acids is 2. The van der Waals surface area contributed by atoms with E-state index < -0.39 is 6.04 Å². The number of carbonyl (C=O) groups is 2. The van der Waals surface area contributed by atoms with Crippen molar-refractivity contribution < 1.29 is 23.8 Å². The van der Waals surface area contributed by atoms with Crippen LogP contribution in [0.5, 0.6) is 17.2 Å². The van der Waals surface area contributed by atoms with E-state index in [0.29, 0.717) is 34.2 Å². The highest BCUT2D eigenvalue weighted by molar-refractivity contribution is 6.15. The van der Waals surface area contributed by atoms with Crippen molar-refractivity contribution in [3.8, 4) is 17.2 Å². The maximum absolute atomic E-state index is 14.1. The van der Waals surface area contributed by atoms with Crippen LogP contribution in [0.4, 0.5) is 11.4 Å². The maximum atomic E-state index is 14.1. The molecule has 0 aliphatic carbocycles. The van der Waals surface area contributed by atoms with Gasteiger partial charge in [-0.3, -0.25) is 19.4 Å². The summed E-state index contributed by atoms with van der Waals surface area (Å²) in [5.74, 6) is 1.28. The zero-order valence-corrected chi connectivity index (χ0v) is 20.0. The van der Waals surface area contributed by atoms with E-state index in [0.717, 1.165) is 11.1 Å². The van der Waals surface area contributed by atoms with Gasteiger partial charge in [0.1, 0.15) is 29.8 Å². The number of anilines is 2. The lowest BCUT2D eigenvalue weighted by atomic mass is 9.97. The normalized spacial score (nSPS) is 16.0. The standard InChI is InChI=1S/C27H28N2O5/c1-17-6-12-22(18(2)14-17)29-25(30)16-28(23-15-21(33-4)11-13-24(23)34-5)27(31)26(29)19-7-9-20(32-3)10-8-19/h6-15,26H,16H2,1-5H3/t26-/m0/s1. The quantitative estimate of drug-likeness (QED) is 0.544. The lowest BCUT2D eigenvalue weighted by molar-refractivity contribution is -0.128. The molecule has 4 rings (SSSR count). The zero-order chi connectivity index (χ0) is 24.4. The molecule has 1 aliphatic rings. The Balaban J connectivity index is 1.86. The van der Waals surface area contributed by atoms with Crippen molar-refractivity contribution >= 4 is 23.2 Å². The third-order valence-corrected chi connectivity index (χ3v) is 6.04. The number of amides is 2. The molecule has 1 saturated heterocycles. The van der Waals surface area contributed by atoms with Crippen LogP contribution in [0.25, 0.3) is 0 Å². The first-order valence-corrected chi connectivity index (χ1v) is 10.9. The number of hydrogen-bond acceptors (Lipinski definition) is 5. The predicted molar refractivity (Wildman–Crippen MR) is 131 cm³/mol. The van der Waals surface area contributed by atoms with E-state index in [1.165, 1.54) is 12.0 Å². The summed E-state index contributed by atoms with van der Waals surface area (Å²) in [7, 11) is 4.67. The van der Waals surface area contributed by atoms with Gasteiger partial charge in [-0.2, -0.15) is 0 Å². The topological polar surface area (TPSA) is 68.3 Å². The number of nitrogens with zero attached hydrogens (tertiary/aromatic N) is 2. The molecule has 0 unspecified atom stereocenters. The van der Waals surface area contributed by atoms with Crippen LogP contribution >= 0.6 is 0 Å². The van der Waals surface area contributed by atoms with Crippen molar-refractivity contribution in [2.45, 2.75) is 19.9 Å². The summed E-state index contributed by atoms with van der Waals surface area (Å²) >= 11 is 0. The summed E-state index contributed by atoms with van der Waals surface area (Å²) in [6.45, 7) is 3.82. The van der Waals surface area contributed by atoms with Crippen LogP contribution in [0.3, 0.4) is 0 Å². The molecule has 0 radical (unpaired) electrons. The third kappa shape index (κ3) is 4.17. The van der Waals surface area contributed by atoms with E-state index in [4.69, 9.17) is 14.2 Å². The first kappa shape index (κ1) is 23.2. The average Bonchev–Trinajstić information content (AvgIpc) is 2.85. The molecule has 7 heteroatoms. The van der Waals surface area contributed by atoms with Gasteiger partial charge in [0.15, 0.2) is 0 Å². The zero-order valence-electron chi connectivity index (χ0n) is 20.0. The van der Waals surface area contributed by atoms with E-state index in [1.54, 1.807) is 49.5 Å². The monoisotopic (exact) mass is 460 g/mol. The predicted octanol–water partition coefficient (Wildman–Crippen LogP) is 4.45. The van der Waals surface area contributed by atoms with Gasteiger partial charge in [-0.1, -0.05) is 29.8 Å². The Morgan fingerprint density at radius 3 is 2.06 bits per heavy atom. The van der Waals surface area contributed by atoms with Gasteiger partial charge in [0, 0.05) is 11.8 Å². The summed E-state index contributed by atoms with van der Waals surface area (Å²) in [4.78, 5) is 30.8. The molecule has 0 aromatic heterocycles. The van der Waals surface area contributed by atoms with Crippen molar-refractivity contribution in [2.24, 2.45) is 0 Å². The summed E-state index contributed by atoms with van der Waals surface area (Å²) in [5.41, 5.74) is 3.89. The Hall–Kier alpha value is -4.00. The first-order valence-electron chi connectivity index (χ1n) is 10.9. The van der Waals surface area contributed by atoms with Crippen LogP contribution in [0, 0.1) is 13.8 Å². The molecule has 34 heavy (non-hydrogen) atoms. The molecule has 3 aromatic carbocycles. The number of rotatable bonds is 6. The minimum absolute atomic E-state index is 0.123. The van der Waals surface area contributed by atoms with Gasteiger partial charge in [0.25, 0.3) is 5.91 Å². The van der Waals surface area contributed by atoms with Crippen LogP contribution < -0.4 is 24.0 Å². The Morgan fingerprint density at radius 1 is 0.765 bits per heavy atom. The number of benzene rings is 3. The van der Waals surface area contributed by atoms with Crippen LogP contribution in [-0.2, 0) is 9.59 Å². The first-order chi connectivity index (χ1) is 16.4. The summed E-state index contributed by atoms with van der Waals surface area (Å²) in [6, 6.07) is 17.4. The Kier molecular flexibility index (Phi) is 6.45. The summed E-state index contributed by atoms with van der Waals surface area (Å²) in [6.07, 6.45) is 0. The third-order valence-electron chi connectivity index (χ3n) is 6.04. The molecule has 1 atom stereocenters. The van der Waals surface area contributed by atoms with E-state index >= 15 is 0 Å². The van der Waals surface area contributed by atoms with Gasteiger partial charge < -0.3 is 14.2 Å². The highest BCUT2D eigenvalue weighted by Gasteiger charge is 2.43. The van der Waals surface area contributed by atoms with E-state index in [2.05, 4.69) is 0 Å². The van der Waals surface area contributed by atoms with Crippen LogP contribution in [0.1, 0.15) is 22.7 Å². The van der Waals surface area contributed by atoms with Gasteiger partial charge in [0.2, 0.25) is 5.91 Å². The molecule has 2 amide bonds. The van der Waals surface area contributed by atoms with Crippen molar-refractivity contribution in [3.63, 3.8) is 0 Å². The number of piperazine rings is 1. The lowest BCUT2D eigenvalue weighted by Gasteiger charge is -2.41. The van der Waals surface area contributed by atoms with E-state index in [1.807, 2.05) is 44.2 Å². The Bertz CT molecular complexity index is 1220. The minimum Gasteiger partial charge on any atom is -0.497 e. The number of hydrogen-bond donors (Lipinski definition) is 0. The molecule has 0 bridgehead atoms. The Morgan fingerprint density at radius 2 is 1.44 bits per heavy atom. The average molecular weight is 461 g/mol. The molecule has 0 spiro atoms. The fraction of sp³-hybridized carbons (Fsp3) is 0.259. The molecule has 1 fully saturated rings.